The van der Waals surface area contributed by atoms with Gasteiger partial charge in [-0.3, -0.25) is 4.79 Å². The number of hydrogen-bond donors (Lipinski definition) is 1. The summed E-state index contributed by atoms with van der Waals surface area (Å²) in [6.45, 7) is 3.25. The van der Waals surface area contributed by atoms with Crippen LogP contribution in [0.15, 0.2) is 0 Å². The van der Waals surface area contributed by atoms with E-state index in [0.29, 0.717) is 19.7 Å². The van der Waals surface area contributed by atoms with Gasteiger partial charge in [0.25, 0.3) is 0 Å². The van der Waals surface area contributed by atoms with Crippen molar-refractivity contribution in [3.63, 3.8) is 0 Å². The average molecular weight is 268 g/mol. The lowest BCUT2D eigenvalue weighted by Crippen LogP contribution is -2.50. The number of likely N-dealkylation sites (tertiary alicyclic amines) is 1. The van der Waals surface area contributed by atoms with Crippen LogP contribution in [0.3, 0.4) is 0 Å². The maximum Gasteiger partial charge on any atom is 0.323 e. The van der Waals surface area contributed by atoms with Crippen LogP contribution in [-0.2, 0) is 9.53 Å². The zero-order chi connectivity index (χ0) is 14.3. The second kappa shape index (κ2) is 7.64. The maximum absolute atomic E-state index is 12.2. The minimum absolute atomic E-state index is 0.000928. The van der Waals surface area contributed by atoms with Crippen LogP contribution in [-0.4, -0.2) is 65.8 Å². The van der Waals surface area contributed by atoms with Crippen LogP contribution in [0, 0.1) is 12.3 Å². The van der Waals surface area contributed by atoms with Gasteiger partial charge in [0.1, 0.15) is 6.54 Å². The number of carbonyl (C=O) groups excluding carboxylic acids is 1. The Morgan fingerprint density at radius 3 is 2.89 bits per heavy atom. The van der Waals surface area contributed by atoms with Gasteiger partial charge in [-0.25, -0.2) is 4.79 Å². The number of nitrogens with zero attached hydrogens (tertiary/aromatic N) is 2. The van der Waals surface area contributed by atoms with Crippen molar-refractivity contribution in [1.29, 1.82) is 0 Å². The number of piperidine rings is 1. The summed E-state index contributed by atoms with van der Waals surface area (Å²) in [6, 6.07) is -0.329. The zero-order valence-electron chi connectivity index (χ0n) is 11.2. The van der Waals surface area contributed by atoms with Gasteiger partial charge in [-0.15, -0.1) is 6.42 Å². The Morgan fingerprint density at radius 1 is 1.58 bits per heavy atom. The van der Waals surface area contributed by atoms with Gasteiger partial charge in [0.15, 0.2) is 0 Å². The highest BCUT2D eigenvalue weighted by molar-refractivity contribution is 5.80. The molecule has 0 bridgehead atoms. The van der Waals surface area contributed by atoms with Crippen molar-refractivity contribution in [3.05, 3.63) is 0 Å². The third-order valence-electron chi connectivity index (χ3n) is 2.93. The minimum atomic E-state index is -1.07. The number of carbonyl (C=O) groups is 2. The van der Waals surface area contributed by atoms with Gasteiger partial charge in [-0.05, 0) is 19.8 Å². The molecule has 6 heteroatoms. The van der Waals surface area contributed by atoms with Crippen molar-refractivity contribution in [1.82, 2.24) is 9.80 Å². The molecule has 0 radical (unpaired) electrons. The van der Waals surface area contributed by atoms with Crippen LogP contribution in [0.4, 0.5) is 4.79 Å². The van der Waals surface area contributed by atoms with Gasteiger partial charge in [-0.1, -0.05) is 5.92 Å². The fourth-order valence-corrected chi connectivity index (χ4v) is 2.15. The first-order valence-electron chi connectivity index (χ1n) is 6.39. The number of ether oxygens (including phenoxy) is 1. The molecule has 2 amide bonds. The quantitative estimate of drug-likeness (QED) is 0.742. The van der Waals surface area contributed by atoms with Gasteiger partial charge in [0, 0.05) is 19.7 Å². The Labute approximate surface area is 113 Å². The first-order valence-corrected chi connectivity index (χ1v) is 6.39. The highest BCUT2D eigenvalue weighted by Crippen LogP contribution is 2.14. The standard InChI is InChI=1S/C13H20N2O4/c1-3-7-14(10-12(16)17)13(18)15-8-5-6-11(9-15)19-4-2/h1,11H,4-10H2,2H3,(H,16,17). The molecule has 1 fully saturated rings. The molecule has 1 aliphatic rings. The normalized spacial score (nSPS) is 18.7. The molecule has 1 rings (SSSR count). The van der Waals surface area contributed by atoms with E-state index in [9.17, 15) is 9.59 Å². The number of rotatable bonds is 5. The van der Waals surface area contributed by atoms with E-state index in [4.69, 9.17) is 16.3 Å². The second-order valence-electron chi connectivity index (χ2n) is 4.40. The first kappa shape index (κ1) is 15.3. The summed E-state index contributed by atoms with van der Waals surface area (Å²) in [4.78, 5) is 25.7. The summed E-state index contributed by atoms with van der Waals surface area (Å²) < 4.78 is 5.51. The number of hydrogen-bond acceptors (Lipinski definition) is 3. The predicted molar refractivity (Wildman–Crippen MR) is 69.7 cm³/mol. The van der Waals surface area contributed by atoms with Crippen molar-refractivity contribution in [3.8, 4) is 12.3 Å². The Bertz CT molecular complexity index is 362. The van der Waals surface area contributed by atoms with Crippen LogP contribution in [0.2, 0.25) is 0 Å². The molecule has 0 saturated carbocycles. The van der Waals surface area contributed by atoms with Crippen molar-refractivity contribution in [2.75, 3.05) is 32.8 Å². The smallest absolute Gasteiger partial charge is 0.323 e. The van der Waals surface area contributed by atoms with E-state index in [1.165, 1.54) is 0 Å². The summed E-state index contributed by atoms with van der Waals surface area (Å²) in [5, 5.41) is 8.79. The summed E-state index contributed by atoms with van der Waals surface area (Å²) in [6.07, 6.45) is 6.97. The molecule has 1 N–H and O–H groups in total. The zero-order valence-corrected chi connectivity index (χ0v) is 11.2. The number of carboxylic acid groups (broad SMARTS) is 1. The van der Waals surface area contributed by atoms with Gasteiger partial charge in [0.2, 0.25) is 0 Å². The Balaban J connectivity index is 2.62. The molecule has 0 aromatic heterocycles. The number of carboxylic acids is 1. The second-order valence-corrected chi connectivity index (χ2v) is 4.40. The third-order valence-corrected chi connectivity index (χ3v) is 2.93. The molecule has 1 aliphatic heterocycles. The molecule has 19 heavy (non-hydrogen) atoms. The number of amides is 2. The Morgan fingerprint density at radius 2 is 2.32 bits per heavy atom. The van der Waals surface area contributed by atoms with Crippen molar-refractivity contribution in [2.45, 2.75) is 25.9 Å². The van der Waals surface area contributed by atoms with Gasteiger partial charge in [-0.2, -0.15) is 0 Å². The molecular weight excluding hydrogens is 248 g/mol. The summed E-state index contributed by atoms with van der Waals surface area (Å²) >= 11 is 0. The van der Waals surface area contributed by atoms with E-state index in [1.54, 1.807) is 4.90 Å². The van der Waals surface area contributed by atoms with Crippen LogP contribution in [0.5, 0.6) is 0 Å². The van der Waals surface area contributed by atoms with Crippen LogP contribution in [0.1, 0.15) is 19.8 Å². The van der Waals surface area contributed by atoms with Crippen LogP contribution >= 0.6 is 0 Å². The average Bonchev–Trinajstić information content (AvgIpc) is 2.37. The van der Waals surface area contributed by atoms with E-state index >= 15 is 0 Å². The lowest BCUT2D eigenvalue weighted by molar-refractivity contribution is -0.137. The minimum Gasteiger partial charge on any atom is -0.480 e. The molecule has 1 heterocycles. The van der Waals surface area contributed by atoms with E-state index in [-0.39, 0.29) is 25.2 Å². The number of aliphatic carboxylic acids is 1. The van der Waals surface area contributed by atoms with Gasteiger partial charge in [0.05, 0.1) is 12.6 Å². The number of terminal acetylenes is 1. The molecule has 1 saturated heterocycles. The summed E-state index contributed by atoms with van der Waals surface area (Å²) in [5.41, 5.74) is 0. The molecule has 0 spiro atoms. The number of urea groups is 1. The predicted octanol–water partition coefficient (Wildman–Crippen LogP) is 0.627. The molecule has 0 aromatic carbocycles. The van der Waals surface area contributed by atoms with Crippen molar-refractivity contribution in [2.24, 2.45) is 0 Å². The first-order chi connectivity index (χ1) is 9.08. The maximum atomic E-state index is 12.2. The van der Waals surface area contributed by atoms with Crippen molar-refractivity contribution >= 4 is 12.0 Å². The van der Waals surface area contributed by atoms with E-state index in [0.717, 1.165) is 17.7 Å². The fourth-order valence-electron chi connectivity index (χ4n) is 2.15. The van der Waals surface area contributed by atoms with E-state index in [2.05, 4.69) is 5.92 Å². The van der Waals surface area contributed by atoms with Crippen LogP contribution < -0.4 is 0 Å². The lowest BCUT2D eigenvalue weighted by Gasteiger charge is -2.35. The Hall–Kier alpha value is -1.74. The molecule has 0 aliphatic carbocycles. The molecular formula is C13H20N2O4. The molecule has 0 aromatic rings. The molecule has 1 atom stereocenters. The third kappa shape index (κ3) is 4.79. The van der Waals surface area contributed by atoms with E-state index in [1.807, 2.05) is 6.92 Å². The largest absolute Gasteiger partial charge is 0.480 e. The molecule has 106 valence electrons. The lowest BCUT2D eigenvalue weighted by atomic mass is 10.1. The highest BCUT2D eigenvalue weighted by Gasteiger charge is 2.27. The molecule has 1 unspecified atom stereocenters. The molecule has 6 nitrogen and oxygen atoms in total. The van der Waals surface area contributed by atoms with E-state index < -0.39 is 5.97 Å². The SMILES string of the molecule is C#CCN(CC(=O)O)C(=O)N1CCCC(OCC)C1. The van der Waals surface area contributed by atoms with Crippen molar-refractivity contribution < 1.29 is 19.4 Å². The van der Waals surface area contributed by atoms with Gasteiger partial charge >= 0.3 is 12.0 Å². The van der Waals surface area contributed by atoms with Crippen LogP contribution in [0.25, 0.3) is 0 Å². The fraction of sp³-hybridized carbons (Fsp3) is 0.692. The van der Waals surface area contributed by atoms with Gasteiger partial charge < -0.3 is 19.6 Å². The topological polar surface area (TPSA) is 70.1 Å². The Kier molecular flexibility index (Phi) is 6.16. The monoisotopic (exact) mass is 268 g/mol. The summed E-state index contributed by atoms with van der Waals surface area (Å²) in [5.74, 6) is 1.25. The highest BCUT2D eigenvalue weighted by atomic mass is 16.5. The summed E-state index contributed by atoms with van der Waals surface area (Å²) in [7, 11) is 0.